The summed E-state index contributed by atoms with van der Waals surface area (Å²) in [4.78, 5) is 8.01. The largest absolute Gasteiger partial charge is 0.508 e. The molecule has 0 saturated carbocycles. The molecule has 1 aromatic carbocycles. The molecule has 1 heterocycles. The van der Waals surface area contributed by atoms with E-state index in [-0.39, 0.29) is 11.0 Å². The van der Waals surface area contributed by atoms with Crippen LogP contribution in [-0.2, 0) is 15.9 Å². The van der Waals surface area contributed by atoms with Gasteiger partial charge in [-0.1, -0.05) is 0 Å². The molecule has 6 heteroatoms. The van der Waals surface area contributed by atoms with Crippen LogP contribution >= 0.6 is 11.6 Å². The van der Waals surface area contributed by atoms with Crippen molar-refractivity contribution in [1.29, 1.82) is 0 Å². The van der Waals surface area contributed by atoms with Crippen molar-refractivity contribution in [2.75, 3.05) is 14.2 Å². The monoisotopic (exact) mass is 320 g/mol. The Kier molecular flexibility index (Phi) is 5.22. The molecule has 22 heavy (non-hydrogen) atoms. The number of ether oxygens (including phenoxy) is 2. The summed E-state index contributed by atoms with van der Waals surface area (Å²) in [5.74, 6) is 1.55. The lowest BCUT2D eigenvalue weighted by Crippen LogP contribution is -1.91. The number of aromatic hydroxyl groups is 1. The number of fused-ring (bicyclic) bond motifs is 1. The van der Waals surface area contributed by atoms with E-state index in [1.165, 1.54) is 0 Å². The second-order valence-electron chi connectivity index (χ2n) is 4.65. The Morgan fingerprint density at radius 3 is 2.77 bits per heavy atom. The van der Waals surface area contributed by atoms with Gasteiger partial charge in [-0.3, -0.25) is 0 Å². The number of rotatable bonds is 5. The van der Waals surface area contributed by atoms with Gasteiger partial charge in [-0.25, -0.2) is 9.97 Å². The molecule has 0 amide bonds. The molecule has 0 bridgehead atoms. The SMILES string of the molecule is COC(C)=CC(=CCc1cc2cnc(Cl)nc2cc1O)OC. The topological polar surface area (TPSA) is 64.5 Å². The van der Waals surface area contributed by atoms with Gasteiger partial charge in [0.05, 0.1) is 25.5 Å². The van der Waals surface area contributed by atoms with Crippen molar-refractivity contribution < 1.29 is 14.6 Å². The summed E-state index contributed by atoms with van der Waals surface area (Å²) in [5.41, 5.74) is 1.35. The van der Waals surface area contributed by atoms with Gasteiger partial charge in [0.25, 0.3) is 0 Å². The number of halogens is 1. The van der Waals surface area contributed by atoms with Crippen molar-refractivity contribution in [1.82, 2.24) is 9.97 Å². The summed E-state index contributed by atoms with van der Waals surface area (Å²) in [5, 5.41) is 11.1. The number of benzene rings is 1. The van der Waals surface area contributed by atoms with E-state index in [0.717, 1.165) is 16.7 Å². The Morgan fingerprint density at radius 1 is 1.32 bits per heavy atom. The van der Waals surface area contributed by atoms with Gasteiger partial charge in [-0.2, -0.15) is 0 Å². The zero-order chi connectivity index (χ0) is 16.1. The van der Waals surface area contributed by atoms with Crippen LogP contribution in [0.25, 0.3) is 10.9 Å². The molecule has 2 rings (SSSR count). The van der Waals surface area contributed by atoms with Crippen LogP contribution in [0.4, 0.5) is 0 Å². The predicted octanol–water partition coefficient (Wildman–Crippen LogP) is 3.61. The van der Waals surface area contributed by atoms with Gasteiger partial charge in [0.2, 0.25) is 5.28 Å². The number of phenolic OH excluding ortho intramolecular Hbond substituents is 1. The highest BCUT2D eigenvalue weighted by Gasteiger charge is 2.06. The molecule has 0 aliphatic carbocycles. The normalized spacial score (nSPS) is 12.5. The van der Waals surface area contributed by atoms with Gasteiger partial charge in [-0.05, 0) is 42.7 Å². The zero-order valence-electron chi connectivity index (χ0n) is 12.6. The smallest absolute Gasteiger partial charge is 0.222 e. The summed E-state index contributed by atoms with van der Waals surface area (Å²) in [6.45, 7) is 1.83. The summed E-state index contributed by atoms with van der Waals surface area (Å²) in [6.07, 6.45) is 5.77. The number of phenols is 1. The number of hydrogen-bond donors (Lipinski definition) is 1. The molecule has 1 aromatic heterocycles. The van der Waals surface area contributed by atoms with Crippen molar-refractivity contribution in [3.8, 4) is 5.75 Å². The van der Waals surface area contributed by atoms with Crippen LogP contribution in [0.15, 0.2) is 42.0 Å². The Bertz CT molecular complexity index is 741. The lowest BCUT2D eigenvalue weighted by atomic mass is 10.1. The first-order valence-electron chi connectivity index (χ1n) is 6.64. The van der Waals surface area contributed by atoms with E-state index in [0.29, 0.717) is 17.7 Å². The van der Waals surface area contributed by atoms with Crippen molar-refractivity contribution in [3.63, 3.8) is 0 Å². The first-order valence-corrected chi connectivity index (χ1v) is 7.02. The molecule has 2 aromatic rings. The van der Waals surface area contributed by atoms with Crippen LogP contribution in [0.3, 0.4) is 0 Å². The van der Waals surface area contributed by atoms with Crippen LogP contribution < -0.4 is 0 Å². The average molecular weight is 321 g/mol. The first kappa shape index (κ1) is 16.1. The fourth-order valence-electron chi connectivity index (χ4n) is 1.93. The molecule has 0 fully saturated rings. The quantitative estimate of drug-likeness (QED) is 0.518. The molecule has 0 radical (unpaired) electrons. The van der Waals surface area contributed by atoms with E-state index in [2.05, 4.69) is 9.97 Å². The molecule has 0 atom stereocenters. The summed E-state index contributed by atoms with van der Waals surface area (Å²) in [6, 6.07) is 3.41. The maximum absolute atomic E-state index is 10.1. The highest BCUT2D eigenvalue weighted by molar-refractivity contribution is 6.28. The third-order valence-electron chi connectivity index (χ3n) is 3.18. The van der Waals surface area contributed by atoms with E-state index < -0.39 is 0 Å². The van der Waals surface area contributed by atoms with Crippen molar-refractivity contribution in [2.24, 2.45) is 0 Å². The summed E-state index contributed by atoms with van der Waals surface area (Å²) in [7, 11) is 3.18. The molecule has 0 aliphatic rings. The number of allylic oxidation sites excluding steroid dienone is 3. The fourth-order valence-corrected chi connectivity index (χ4v) is 2.07. The molecule has 0 aliphatic heterocycles. The van der Waals surface area contributed by atoms with Gasteiger partial charge in [0.15, 0.2) is 0 Å². The maximum atomic E-state index is 10.1. The summed E-state index contributed by atoms with van der Waals surface area (Å²) < 4.78 is 10.4. The van der Waals surface area contributed by atoms with E-state index in [9.17, 15) is 5.11 Å². The average Bonchev–Trinajstić information content (AvgIpc) is 2.51. The third-order valence-corrected chi connectivity index (χ3v) is 3.36. The number of methoxy groups -OCH3 is 2. The van der Waals surface area contributed by atoms with Crippen molar-refractivity contribution >= 4 is 22.5 Å². The fraction of sp³-hybridized carbons (Fsp3) is 0.250. The number of nitrogens with zero attached hydrogens (tertiary/aromatic N) is 2. The highest BCUT2D eigenvalue weighted by atomic mass is 35.5. The third kappa shape index (κ3) is 3.89. The van der Waals surface area contributed by atoms with Gasteiger partial charge in [0, 0.05) is 23.7 Å². The van der Waals surface area contributed by atoms with Gasteiger partial charge >= 0.3 is 0 Å². The molecule has 0 spiro atoms. The molecule has 116 valence electrons. The number of hydrogen-bond acceptors (Lipinski definition) is 5. The van der Waals surface area contributed by atoms with E-state index in [1.54, 1.807) is 32.6 Å². The Hall–Kier alpha value is -2.27. The van der Waals surface area contributed by atoms with Crippen molar-refractivity contribution in [3.05, 3.63) is 52.8 Å². The van der Waals surface area contributed by atoms with E-state index in [1.807, 2.05) is 19.1 Å². The Balaban J connectivity index is 2.31. The van der Waals surface area contributed by atoms with Crippen molar-refractivity contribution in [2.45, 2.75) is 13.3 Å². The van der Waals surface area contributed by atoms with Crippen LogP contribution in [0.2, 0.25) is 5.28 Å². The zero-order valence-corrected chi connectivity index (χ0v) is 13.4. The summed E-state index contributed by atoms with van der Waals surface area (Å²) >= 11 is 5.75. The van der Waals surface area contributed by atoms with Gasteiger partial charge in [0.1, 0.15) is 11.5 Å². The maximum Gasteiger partial charge on any atom is 0.222 e. The van der Waals surface area contributed by atoms with E-state index in [4.69, 9.17) is 21.1 Å². The predicted molar refractivity (Wildman–Crippen MR) is 85.8 cm³/mol. The van der Waals surface area contributed by atoms with Gasteiger partial charge < -0.3 is 14.6 Å². The first-order chi connectivity index (χ1) is 10.5. The number of aromatic nitrogens is 2. The van der Waals surface area contributed by atoms with Gasteiger partial charge in [-0.15, -0.1) is 0 Å². The molecular weight excluding hydrogens is 304 g/mol. The van der Waals surface area contributed by atoms with Crippen LogP contribution in [0, 0.1) is 0 Å². The lowest BCUT2D eigenvalue weighted by Gasteiger charge is -2.06. The minimum absolute atomic E-state index is 0.154. The minimum Gasteiger partial charge on any atom is -0.508 e. The molecule has 1 N–H and O–H groups in total. The minimum atomic E-state index is 0.154. The Labute approximate surface area is 133 Å². The highest BCUT2D eigenvalue weighted by Crippen LogP contribution is 2.25. The molecule has 0 saturated heterocycles. The molecular formula is C16H17ClN2O3. The van der Waals surface area contributed by atoms with Crippen LogP contribution in [0.5, 0.6) is 5.75 Å². The van der Waals surface area contributed by atoms with E-state index >= 15 is 0 Å². The Morgan fingerprint density at radius 2 is 2.09 bits per heavy atom. The lowest BCUT2D eigenvalue weighted by molar-refractivity contribution is 0.276. The second kappa shape index (κ2) is 7.13. The molecule has 0 unspecified atom stereocenters. The van der Waals surface area contributed by atoms with Crippen LogP contribution in [0.1, 0.15) is 12.5 Å². The van der Waals surface area contributed by atoms with Crippen LogP contribution in [-0.4, -0.2) is 29.3 Å². The molecule has 5 nitrogen and oxygen atoms in total. The standard InChI is InChI=1S/C16H17ClN2O3/c1-10(21-2)6-13(22-3)5-4-11-7-12-9-18-16(17)19-14(12)8-15(11)20/h5-9,20H,4H2,1-3H3. The second-order valence-corrected chi connectivity index (χ2v) is 4.99.